The fraction of sp³-hybridized carbons (Fsp3) is 0.382. The molecule has 1 aromatic heterocycles. The zero-order valence-corrected chi connectivity index (χ0v) is 26.8. The Kier molecular flexibility index (Phi) is 8.09. The Morgan fingerprint density at radius 1 is 0.907 bits per heavy atom. The summed E-state index contributed by atoms with van der Waals surface area (Å²) >= 11 is 0. The van der Waals surface area contributed by atoms with Crippen molar-refractivity contribution < 1.29 is 27.0 Å². The Balaban J connectivity index is 1.56. The monoisotopic (exact) mass is 621 g/mol. The van der Waals surface area contributed by atoms with Crippen molar-refractivity contribution in [2.45, 2.75) is 79.5 Å². The largest absolute Gasteiger partial charge is 0.390 e. The molecule has 0 saturated heterocycles. The van der Waals surface area contributed by atoms with E-state index in [1.165, 1.54) is 6.26 Å². The average molecular weight is 622 g/mol. The zero-order chi connectivity index (χ0) is 31.4. The van der Waals surface area contributed by atoms with Crippen LogP contribution in [0, 0.1) is 0 Å². The molecular formula is C34H39NO6S2. The predicted octanol–water partition coefficient (Wildman–Crippen LogP) is 5.58. The Hall–Kier alpha value is -3.11. The van der Waals surface area contributed by atoms with E-state index in [1.807, 2.05) is 48.5 Å². The Morgan fingerprint density at radius 3 is 2.19 bits per heavy atom. The van der Waals surface area contributed by atoms with E-state index in [-0.39, 0.29) is 10.1 Å². The molecule has 1 fully saturated rings. The Bertz CT molecular complexity index is 1870. The van der Waals surface area contributed by atoms with Gasteiger partial charge < -0.3 is 10.2 Å². The number of fused-ring (bicyclic) bond motifs is 1. The van der Waals surface area contributed by atoms with E-state index in [0.717, 1.165) is 33.2 Å². The van der Waals surface area contributed by atoms with Crippen molar-refractivity contribution in [3.05, 3.63) is 95.7 Å². The van der Waals surface area contributed by atoms with Gasteiger partial charge in [-0.2, -0.15) is 0 Å². The first-order valence-corrected chi connectivity index (χ1v) is 17.9. The lowest BCUT2D eigenvalue weighted by Crippen LogP contribution is -2.41. The van der Waals surface area contributed by atoms with E-state index < -0.39 is 42.0 Å². The summed E-state index contributed by atoms with van der Waals surface area (Å²) in [6, 6.07) is 21.9. The lowest BCUT2D eigenvalue weighted by atomic mass is 9.80. The molecule has 2 N–H and O–H groups in total. The fourth-order valence-electron chi connectivity index (χ4n) is 5.47. The van der Waals surface area contributed by atoms with Crippen molar-refractivity contribution in [1.29, 1.82) is 0 Å². The molecule has 3 aromatic carbocycles. The van der Waals surface area contributed by atoms with Crippen LogP contribution in [-0.4, -0.2) is 55.2 Å². The summed E-state index contributed by atoms with van der Waals surface area (Å²) < 4.78 is 49.8. The van der Waals surface area contributed by atoms with Gasteiger partial charge in [-0.1, -0.05) is 42.5 Å². The van der Waals surface area contributed by atoms with Crippen LogP contribution < -0.4 is 0 Å². The highest BCUT2D eigenvalue weighted by atomic mass is 32.2. The average Bonchev–Trinajstić information content (AvgIpc) is 3.81. The molecular weight excluding hydrogens is 583 g/mol. The number of hydrogen-bond donors (Lipinski definition) is 2. The molecule has 1 heterocycles. The van der Waals surface area contributed by atoms with Crippen molar-refractivity contribution in [3.8, 4) is 11.1 Å². The quantitative estimate of drug-likeness (QED) is 0.237. The third-order valence-electron chi connectivity index (χ3n) is 8.73. The number of sulfone groups is 2. The summed E-state index contributed by atoms with van der Waals surface area (Å²) in [7, 11) is -6.77. The number of hydrogen-bond acceptors (Lipinski definition) is 7. The molecule has 2 atom stereocenters. The first-order chi connectivity index (χ1) is 20.0. The minimum atomic E-state index is -3.42. The standard InChI is InChI=1S/C34H39NO6S2/c1-33(2,37)32(36)30(23-11-13-27(14-12-23)43(40,41)28-15-16-28)19-22-8-6-9-24(18-22)29-21-26(34(3,4)42(5,38)39)20-25-10-7-17-35-31(25)29/h6-14,17-18,20-21,28,30,32,36-37H,15-16,19H2,1-5H3. The van der Waals surface area contributed by atoms with Crippen LogP contribution in [0.5, 0.6) is 0 Å². The van der Waals surface area contributed by atoms with Gasteiger partial charge in [0.2, 0.25) is 0 Å². The summed E-state index contributed by atoms with van der Waals surface area (Å²) in [4.78, 5) is 4.89. The van der Waals surface area contributed by atoms with Gasteiger partial charge in [0.1, 0.15) is 0 Å². The van der Waals surface area contributed by atoms with Crippen LogP contribution in [0.2, 0.25) is 0 Å². The molecule has 1 saturated carbocycles. The lowest BCUT2D eigenvalue weighted by Gasteiger charge is -2.32. The first kappa shape index (κ1) is 31.3. The molecule has 0 bridgehead atoms. The fourth-order valence-corrected chi connectivity index (χ4v) is 7.68. The summed E-state index contributed by atoms with van der Waals surface area (Å²) in [5, 5.41) is 22.6. The smallest absolute Gasteiger partial charge is 0.181 e. The number of benzene rings is 3. The van der Waals surface area contributed by atoms with Gasteiger partial charge in [-0.3, -0.25) is 4.98 Å². The van der Waals surface area contributed by atoms with Gasteiger partial charge in [-0.25, -0.2) is 16.8 Å². The summed E-state index contributed by atoms with van der Waals surface area (Å²) in [6.45, 7) is 6.51. The number of aromatic nitrogens is 1. The van der Waals surface area contributed by atoms with Crippen molar-refractivity contribution in [2.75, 3.05) is 6.26 Å². The predicted molar refractivity (Wildman–Crippen MR) is 170 cm³/mol. The molecule has 0 spiro atoms. The Labute approximate surface area is 254 Å². The van der Waals surface area contributed by atoms with Crippen LogP contribution in [0.3, 0.4) is 0 Å². The van der Waals surface area contributed by atoms with Crippen LogP contribution in [0.25, 0.3) is 22.0 Å². The van der Waals surface area contributed by atoms with Crippen molar-refractivity contribution in [1.82, 2.24) is 4.98 Å². The van der Waals surface area contributed by atoms with Crippen LogP contribution in [0.15, 0.2) is 83.9 Å². The molecule has 228 valence electrons. The molecule has 0 radical (unpaired) electrons. The van der Waals surface area contributed by atoms with E-state index in [2.05, 4.69) is 4.98 Å². The third-order valence-corrected chi connectivity index (χ3v) is 13.1. The maximum absolute atomic E-state index is 12.7. The highest BCUT2D eigenvalue weighted by Crippen LogP contribution is 2.38. The number of pyridine rings is 1. The van der Waals surface area contributed by atoms with Gasteiger partial charge in [0.05, 0.1) is 32.1 Å². The second-order valence-corrected chi connectivity index (χ2v) is 17.6. The van der Waals surface area contributed by atoms with Crippen LogP contribution in [0.4, 0.5) is 0 Å². The second-order valence-electron chi connectivity index (χ2n) is 12.8. The molecule has 1 aliphatic rings. The van der Waals surface area contributed by atoms with Crippen molar-refractivity contribution in [3.63, 3.8) is 0 Å². The molecule has 5 rings (SSSR count). The van der Waals surface area contributed by atoms with Crippen LogP contribution >= 0.6 is 0 Å². The lowest BCUT2D eigenvalue weighted by molar-refractivity contribution is -0.0609. The van der Waals surface area contributed by atoms with Crippen LogP contribution in [-0.2, 0) is 30.8 Å². The highest BCUT2D eigenvalue weighted by Gasteiger charge is 2.38. The van der Waals surface area contributed by atoms with Gasteiger partial charge in [0.25, 0.3) is 0 Å². The first-order valence-electron chi connectivity index (χ1n) is 14.4. The minimum Gasteiger partial charge on any atom is -0.390 e. The molecule has 1 aliphatic carbocycles. The Morgan fingerprint density at radius 2 is 1.58 bits per heavy atom. The van der Waals surface area contributed by atoms with Crippen LogP contribution in [0.1, 0.15) is 63.1 Å². The van der Waals surface area contributed by atoms with E-state index in [9.17, 15) is 27.0 Å². The number of aliphatic hydroxyl groups excluding tert-OH is 1. The number of rotatable bonds is 10. The molecule has 2 unspecified atom stereocenters. The van der Waals surface area contributed by atoms with Gasteiger partial charge in [0.15, 0.2) is 19.7 Å². The van der Waals surface area contributed by atoms with Gasteiger partial charge in [0, 0.05) is 29.3 Å². The van der Waals surface area contributed by atoms with E-state index in [4.69, 9.17) is 0 Å². The molecule has 7 nitrogen and oxygen atoms in total. The van der Waals surface area contributed by atoms with E-state index in [0.29, 0.717) is 24.8 Å². The number of aliphatic hydroxyl groups is 2. The second kappa shape index (κ2) is 11.1. The van der Waals surface area contributed by atoms with Gasteiger partial charge in [-0.05, 0) is 99.5 Å². The van der Waals surface area contributed by atoms with E-state index in [1.54, 1.807) is 58.2 Å². The van der Waals surface area contributed by atoms with Crippen molar-refractivity contribution >= 4 is 30.6 Å². The SMILES string of the molecule is CC(C)(O)C(O)C(Cc1cccc(-c2cc(C(C)(C)S(C)(=O)=O)cc3cccnc23)c1)c1ccc(S(=O)(=O)C2CC2)cc1. The third kappa shape index (κ3) is 6.27. The summed E-state index contributed by atoms with van der Waals surface area (Å²) in [5.41, 5.74) is 3.24. The summed E-state index contributed by atoms with van der Waals surface area (Å²) in [6.07, 6.45) is 3.54. The topological polar surface area (TPSA) is 122 Å². The molecule has 0 amide bonds. The normalized spacial score (nSPS) is 16.3. The minimum absolute atomic E-state index is 0.272. The molecule has 43 heavy (non-hydrogen) atoms. The maximum Gasteiger partial charge on any atom is 0.181 e. The van der Waals surface area contributed by atoms with Gasteiger partial charge in [-0.15, -0.1) is 0 Å². The van der Waals surface area contributed by atoms with E-state index >= 15 is 0 Å². The number of nitrogens with zero attached hydrogens (tertiary/aromatic N) is 1. The zero-order valence-electron chi connectivity index (χ0n) is 25.2. The van der Waals surface area contributed by atoms with Crippen molar-refractivity contribution in [2.24, 2.45) is 0 Å². The molecule has 0 aliphatic heterocycles. The molecule has 4 aromatic rings. The van der Waals surface area contributed by atoms with Gasteiger partial charge >= 0.3 is 0 Å². The summed E-state index contributed by atoms with van der Waals surface area (Å²) in [5.74, 6) is -0.529. The maximum atomic E-state index is 12.7. The molecule has 9 heteroatoms. The highest BCUT2D eigenvalue weighted by molar-refractivity contribution is 7.92.